The molecule has 3 rings (SSSR count). The van der Waals surface area contributed by atoms with Crippen molar-refractivity contribution >= 4 is 27.5 Å². The summed E-state index contributed by atoms with van der Waals surface area (Å²) in [7, 11) is -3.59. The lowest BCUT2D eigenvalue weighted by atomic mass is 10.0. The van der Waals surface area contributed by atoms with Crippen molar-refractivity contribution in [2.24, 2.45) is 0 Å². The van der Waals surface area contributed by atoms with E-state index in [1.807, 2.05) is 30.3 Å². The quantitative estimate of drug-likeness (QED) is 0.822. The first kappa shape index (κ1) is 18.9. The maximum absolute atomic E-state index is 12.9. The van der Waals surface area contributed by atoms with E-state index < -0.39 is 16.1 Å². The topological polar surface area (TPSA) is 66.5 Å². The van der Waals surface area contributed by atoms with Crippen molar-refractivity contribution in [3.8, 4) is 0 Å². The molecule has 5 nitrogen and oxygen atoms in total. The molecule has 1 unspecified atom stereocenters. The fourth-order valence-electron chi connectivity index (χ4n) is 3.16. The van der Waals surface area contributed by atoms with Gasteiger partial charge in [0.05, 0.1) is 5.75 Å². The Morgan fingerprint density at radius 2 is 1.77 bits per heavy atom. The van der Waals surface area contributed by atoms with Crippen LogP contribution in [0.4, 0.5) is 0 Å². The van der Waals surface area contributed by atoms with Gasteiger partial charge >= 0.3 is 0 Å². The lowest BCUT2D eigenvalue weighted by molar-refractivity contribution is -0.126. The van der Waals surface area contributed by atoms with Gasteiger partial charge in [0.2, 0.25) is 15.9 Å². The number of nitrogens with zero attached hydrogens (tertiary/aromatic N) is 1. The Hall–Kier alpha value is -1.89. The number of hydrogen-bond donors (Lipinski definition) is 1. The fraction of sp³-hybridized carbons (Fsp3) is 0.316. The molecule has 0 aromatic heterocycles. The smallest absolute Gasteiger partial charge is 0.243 e. The van der Waals surface area contributed by atoms with Gasteiger partial charge in [0, 0.05) is 18.1 Å². The van der Waals surface area contributed by atoms with E-state index in [9.17, 15) is 13.2 Å². The number of aryl methyl sites for hydroxylation is 1. The molecule has 0 radical (unpaired) electrons. The second-order valence-electron chi connectivity index (χ2n) is 6.23. The van der Waals surface area contributed by atoms with Crippen LogP contribution in [0.2, 0.25) is 5.02 Å². The summed E-state index contributed by atoms with van der Waals surface area (Å²) in [5.41, 5.74) is 1.61. The van der Waals surface area contributed by atoms with E-state index in [2.05, 4.69) is 5.32 Å². The summed E-state index contributed by atoms with van der Waals surface area (Å²) < 4.78 is 27.1. The monoisotopic (exact) mass is 392 g/mol. The number of benzene rings is 2. The zero-order valence-corrected chi connectivity index (χ0v) is 15.8. The number of carbonyl (C=O) groups is 1. The molecule has 1 aliphatic heterocycles. The van der Waals surface area contributed by atoms with Gasteiger partial charge in [-0.2, -0.15) is 4.31 Å². The first-order valence-corrected chi connectivity index (χ1v) is 10.5. The van der Waals surface area contributed by atoms with Crippen LogP contribution >= 0.6 is 11.6 Å². The molecule has 7 heteroatoms. The average Bonchev–Trinajstić information content (AvgIpc) is 2.63. The Balaban J connectivity index is 1.77. The zero-order valence-electron chi connectivity index (χ0n) is 14.3. The highest BCUT2D eigenvalue weighted by Crippen LogP contribution is 2.31. The van der Waals surface area contributed by atoms with Crippen molar-refractivity contribution in [1.82, 2.24) is 9.62 Å². The molecular weight excluding hydrogens is 372 g/mol. The predicted molar refractivity (Wildman–Crippen MR) is 102 cm³/mol. The summed E-state index contributed by atoms with van der Waals surface area (Å²) in [5.74, 6) is -0.341. The average molecular weight is 393 g/mol. The van der Waals surface area contributed by atoms with Crippen LogP contribution in [-0.2, 0) is 21.2 Å². The summed E-state index contributed by atoms with van der Waals surface area (Å²) in [6.07, 6.45) is 1.18. The fourth-order valence-corrected chi connectivity index (χ4v) is 5.04. The van der Waals surface area contributed by atoms with Crippen LogP contribution in [0.15, 0.2) is 54.6 Å². The zero-order chi connectivity index (χ0) is 18.6. The number of halogens is 1. The minimum Gasteiger partial charge on any atom is -0.353 e. The van der Waals surface area contributed by atoms with E-state index in [4.69, 9.17) is 11.6 Å². The molecule has 0 aliphatic carbocycles. The van der Waals surface area contributed by atoms with Crippen molar-refractivity contribution in [2.75, 3.05) is 18.8 Å². The van der Waals surface area contributed by atoms with Crippen molar-refractivity contribution in [2.45, 2.75) is 18.9 Å². The van der Waals surface area contributed by atoms with E-state index in [1.165, 1.54) is 4.31 Å². The lowest BCUT2D eigenvalue weighted by Gasteiger charge is -2.34. The van der Waals surface area contributed by atoms with Gasteiger partial charge in [-0.25, -0.2) is 8.42 Å². The van der Waals surface area contributed by atoms with Crippen LogP contribution in [0, 0.1) is 0 Å². The lowest BCUT2D eigenvalue weighted by Crippen LogP contribution is -2.52. The molecule has 1 fully saturated rings. The molecule has 26 heavy (non-hydrogen) atoms. The SMILES string of the molecule is O=C1NCCN(S(=O)(=O)CCCc2ccccc2)C1c1ccccc1Cl. The van der Waals surface area contributed by atoms with E-state index >= 15 is 0 Å². The summed E-state index contributed by atoms with van der Waals surface area (Å²) in [5, 5.41) is 3.13. The molecule has 1 amide bonds. The Bertz CT molecular complexity index is 871. The number of rotatable bonds is 6. The van der Waals surface area contributed by atoms with Gasteiger partial charge in [0.15, 0.2) is 0 Å². The number of carbonyl (C=O) groups excluding carboxylic acids is 1. The molecule has 1 atom stereocenters. The largest absolute Gasteiger partial charge is 0.353 e. The molecular formula is C19H21ClN2O3S. The van der Waals surface area contributed by atoms with Gasteiger partial charge in [-0.05, 0) is 30.0 Å². The molecule has 1 saturated heterocycles. The molecule has 138 valence electrons. The second kappa shape index (κ2) is 8.20. The van der Waals surface area contributed by atoms with Crippen LogP contribution < -0.4 is 5.32 Å². The van der Waals surface area contributed by atoms with Crippen LogP contribution in [-0.4, -0.2) is 37.5 Å². The number of piperazine rings is 1. The van der Waals surface area contributed by atoms with Crippen molar-refractivity contribution in [1.29, 1.82) is 0 Å². The Labute approximate surface area is 159 Å². The van der Waals surface area contributed by atoms with Crippen LogP contribution in [0.25, 0.3) is 0 Å². The molecule has 2 aromatic carbocycles. The highest BCUT2D eigenvalue weighted by atomic mass is 35.5. The Morgan fingerprint density at radius 3 is 2.50 bits per heavy atom. The van der Waals surface area contributed by atoms with Crippen molar-refractivity contribution < 1.29 is 13.2 Å². The van der Waals surface area contributed by atoms with E-state index in [1.54, 1.807) is 24.3 Å². The van der Waals surface area contributed by atoms with Gasteiger partial charge in [-0.15, -0.1) is 0 Å². The standard InChI is InChI=1S/C19H21ClN2O3S/c20-17-11-5-4-10-16(17)18-19(23)21-12-13-22(18)26(24,25)14-6-9-15-7-2-1-3-8-15/h1-5,7-8,10-11,18H,6,9,12-14H2,(H,21,23). The third kappa shape index (κ3) is 4.26. The molecule has 1 N–H and O–H groups in total. The minimum absolute atomic E-state index is 0.00384. The summed E-state index contributed by atoms with van der Waals surface area (Å²) >= 11 is 6.22. The molecule has 1 aliphatic rings. The third-order valence-electron chi connectivity index (χ3n) is 4.44. The van der Waals surface area contributed by atoms with Crippen LogP contribution in [0.1, 0.15) is 23.6 Å². The van der Waals surface area contributed by atoms with Gasteiger partial charge in [-0.3, -0.25) is 4.79 Å². The molecule has 0 saturated carbocycles. The normalized spacial score (nSPS) is 18.5. The predicted octanol–water partition coefficient (Wildman–Crippen LogP) is 2.78. The number of sulfonamides is 1. The molecule has 0 spiro atoms. The molecule has 1 heterocycles. The summed E-state index contributed by atoms with van der Waals surface area (Å²) in [4.78, 5) is 12.4. The van der Waals surface area contributed by atoms with Crippen molar-refractivity contribution in [3.63, 3.8) is 0 Å². The Morgan fingerprint density at radius 1 is 1.08 bits per heavy atom. The van der Waals surface area contributed by atoms with Gasteiger partial charge < -0.3 is 5.32 Å². The Kier molecular flexibility index (Phi) is 5.96. The van der Waals surface area contributed by atoms with E-state index in [-0.39, 0.29) is 18.2 Å². The van der Waals surface area contributed by atoms with Gasteiger partial charge in [0.25, 0.3) is 0 Å². The summed E-state index contributed by atoms with van der Waals surface area (Å²) in [6.45, 7) is 0.549. The number of nitrogens with one attached hydrogen (secondary N) is 1. The highest BCUT2D eigenvalue weighted by Gasteiger charge is 2.39. The summed E-state index contributed by atoms with van der Waals surface area (Å²) in [6, 6.07) is 15.7. The van der Waals surface area contributed by atoms with Crippen LogP contribution in [0.5, 0.6) is 0 Å². The maximum Gasteiger partial charge on any atom is 0.243 e. The third-order valence-corrected chi connectivity index (χ3v) is 6.69. The molecule has 0 bridgehead atoms. The second-order valence-corrected chi connectivity index (χ2v) is 8.68. The van der Waals surface area contributed by atoms with Crippen LogP contribution in [0.3, 0.4) is 0 Å². The highest BCUT2D eigenvalue weighted by molar-refractivity contribution is 7.89. The van der Waals surface area contributed by atoms with E-state index in [0.29, 0.717) is 30.0 Å². The maximum atomic E-state index is 12.9. The molecule has 2 aromatic rings. The van der Waals surface area contributed by atoms with E-state index in [0.717, 1.165) is 5.56 Å². The van der Waals surface area contributed by atoms with Gasteiger partial charge in [-0.1, -0.05) is 60.1 Å². The first-order valence-electron chi connectivity index (χ1n) is 8.54. The number of amides is 1. The number of hydrogen-bond acceptors (Lipinski definition) is 3. The van der Waals surface area contributed by atoms with Crippen molar-refractivity contribution in [3.05, 3.63) is 70.7 Å². The first-order chi connectivity index (χ1) is 12.5. The van der Waals surface area contributed by atoms with Gasteiger partial charge in [0.1, 0.15) is 6.04 Å². The minimum atomic E-state index is -3.59.